The van der Waals surface area contributed by atoms with Crippen LogP contribution in [0.3, 0.4) is 0 Å². The molecule has 0 N–H and O–H groups in total. The Morgan fingerprint density at radius 1 is 1.32 bits per heavy atom. The van der Waals surface area contributed by atoms with E-state index >= 15 is 0 Å². The first-order chi connectivity index (χ1) is 12.1. The van der Waals surface area contributed by atoms with Crippen LogP contribution in [0.4, 0.5) is 0 Å². The lowest BCUT2D eigenvalue weighted by Crippen LogP contribution is -2.45. The van der Waals surface area contributed by atoms with Crippen LogP contribution in [0.2, 0.25) is 0 Å². The molecule has 0 aliphatic carbocycles. The van der Waals surface area contributed by atoms with E-state index < -0.39 is 0 Å². The number of para-hydroxylation sites is 1. The van der Waals surface area contributed by atoms with Crippen molar-refractivity contribution in [3.8, 4) is 0 Å². The Hall–Kier alpha value is -2.70. The molecule has 1 aromatic heterocycles. The zero-order chi connectivity index (χ0) is 17.8. The van der Waals surface area contributed by atoms with Crippen LogP contribution in [0.25, 0.3) is 10.9 Å². The second-order valence-corrected chi connectivity index (χ2v) is 6.13. The Bertz CT molecular complexity index is 846. The number of benzene rings is 1. The van der Waals surface area contributed by atoms with Crippen molar-refractivity contribution in [2.75, 3.05) is 19.7 Å². The largest absolute Gasteiger partial charge is 0.466 e. The lowest BCUT2D eigenvalue weighted by Gasteiger charge is -2.31. The highest BCUT2D eigenvalue weighted by molar-refractivity contribution is 5.80. The standard InChI is InChI=1S/C18H21N3O4/c1-2-25-18(24)13-6-5-9-20(10-13)16(22)11-21-12-19-15-8-4-3-7-14(15)17(21)23/h3-4,7-8,12-13H,2,5-6,9-11H2,1H3. The molecule has 1 saturated heterocycles. The van der Waals surface area contributed by atoms with Gasteiger partial charge >= 0.3 is 5.97 Å². The molecule has 132 valence electrons. The molecule has 2 heterocycles. The molecule has 1 aliphatic heterocycles. The number of hydrogen-bond donors (Lipinski definition) is 0. The summed E-state index contributed by atoms with van der Waals surface area (Å²) in [7, 11) is 0. The van der Waals surface area contributed by atoms with Crippen LogP contribution in [0, 0.1) is 5.92 Å². The fraction of sp³-hybridized carbons (Fsp3) is 0.444. The number of carbonyl (C=O) groups is 2. The maximum absolute atomic E-state index is 12.6. The fourth-order valence-electron chi connectivity index (χ4n) is 3.12. The number of fused-ring (bicyclic) bond motifs is 1. The van der Waals surface area contributed by atoms with Gasteiger partial charge in [-0.1, -0.05) is 12.1 Å². The Balaban J connectivity index is 1.73. The van der Waals surface area contributed by atoms with Crippen molar-refractivity contribution in [3.63, 3.8) is 0 Å². The lowest BCUT2D eigenvalue weighted by atomic mass is 9.98. The van der Waals surface area contributed by atoms with Crippen LogP contribution < -0.4 is 5.56 Å². The van der Waals surface area contributed by atoms with Gasteiger partial charge in [0.05, 0.1) is 29.8 Å². The number of ether oxygens (including phenoxy) is 1. The molecule has 3 rings (SSSR count). The molecular weight excluding hydrogens is 322 g/mol. The predicted octanol–water partition coefficient (Wildman–Crippen LogP) is 1.20. The first-order valence-corrected chi connectivity index (χ1v) is 8.48. The van der Waals surface area contributed by atoms with Crippen LogP contribution in [-0.4, -0.2) is 46.0 Å². The third-order valence-corrected chi connectivity index (χ3v) is 4.43. The van der Waals surface area contributed by atoms with Gasteiger partial charge < -0.3 is 9.64 Å². The summed E-state index contributed by atoms with van der Waals surface area (Å²) in [5.41, 5.74) is 0.370. The van der Waals surface area contributed by atoms with Crippen molar-refractivity contribution in [1.82, 2.24) is 14.5 Å². The predicted molar refractivity (Wildman–Crippen MR) is 91.9 cm³/mol. The van der Waals surface area contributed by atoms with E-state index in [9.17, 15) is 14.4 Å². The molecule has 0 bridgehead atoms. The molecule has 1 amide bonds. The summed E-state index contributed by atoms with van der Waals surface area (Å²) in [4.78, 5) is 42.8. The first-order valence-electron chi connectivity index (χ1n) is 8.48. The first kappa shape index (κ1) is 17.1. The van der Waals surface area contributed by atoms with Crippen molar-refractivity contribution in [2.24, 2.45) is 5.92 Å². The van der Waals surface area contributed by atoms with E-state index in [4.69, 9.17) is 4.74 Å². The monoisotopic (exact) mass is 343 g/mol. The molecular formula is C18H21N3O4. The molecule has 1 atom stereocenters. The van der Waals surface area contributed by atoms with Gasteiger partial charge in [0, 0.05) is 13.1 Å². The summed E-state index contributed by atoms with van der Waals surface area (Å²) in [5.74, 6) is -0.734. The number of likely N-dealkylation sites (tertiary alicyclic amines) is 1. The molecule has 25 heavy (non-hydrogen) atoms. The quantitative estimate of drug-likeness (QED) is 0.779. The summed E-state index contributed by atoms with van der Waals surface area (Å²) >= 11 is 0. The topological polar surface area (TPSA) is 81.5 Å². The second kappa shape index (κ2) is 7.46. The number of hydrogen-bond acceptors (Lipinski definition) is 5. The van der Waals surface area contributed by atoms with Gasteiger partial charge in [-0.25, -0.2) is 4.98 Å². The Kier molecular flexibility index (Phi) is 5.11. The van der Waals surface area contributed by atoms with Crippen molar-refractivity contribution < 1.29 is 14.3 Å². The SMILES string of the molecule is CCOC(=O)C1CCCN(C(=O)Cn2cnc3ccccc3c2=O)C1. The highest BCUT2D eigenvalue weighted by Gasteiger charge is 2.29. The molecule has 0 radical (unpaired) electrons. The van der Waals surface area contributed by atoms with Gasteiger partial charge in [0.2, 0.25) is 5.91 Å². The maximum Gasteiger partial charge on any atom is 0.310 e. The van der Waals surface area contributed by atoms with E-state index in [2.05, 4.69) is 4.98 Å². The van der Waals surface area contributed by atoms with Crippen molar-refractivity contribution in [1.29, 1.82) is 0 Å². The van der Waals surface area contributed by atoms with Crippen LogP contribution >= 0.6 is 0 Å². The molecule has 2 aromatic rings. The molecule has 7 heteroatoms. The molecule has 7 nitrogen and oxygen atoms in total. The summed E-state index contributed by atoms with van der Waals surface area (Å²) in [6, 6.07) is 7.04. The van der Waals surface area contributed by atoms with E-state index in [1.54, 1.807) is 30.0 Å². The minimum atomic E-state index is -0.288. The Labute approximate surface area is 145 Å². The molecule has 1 aliphatic rings. The van der Waals surface area contributed by atoms with Crippen LogP contribution in [-0.2, 0) is 20.9 Å². The van der Waals surface area contributed by atoms with E-state index in [0.29, 0.717) is 30.6 Å². The molecule has 0 saturated carbocycles. The van der Waals surface area contributed by atoms with E-state index in [0.717, 1.165) is 12.8 Å². The highest BCUT2D eigenvalue weighted by atomic mass is 16.5. The third-order valence-electron chi connectivity index (χ3n) is 4.43. The molecule has 1 fully saturated rings. The van der Waals surface area contributed by atoms with Crippen LogP contribution in [0.1, 0.15) is 19.8 Å². The number of carbonyl (C=O) groups excluding carboxylic acids is 2. The Morgan fingerprint density at radius 2 is 2.12 bits per heavy atom. The number of aromatic nitrogens is 2. The van der Waals surface area contributed by atoms with Gasteiger partial charge in [-0.15, -0.1) is 0 Å². The minimum absolute atomic E-state index is 0.0772. The van der Waals surface area contributed by atoms with Crippen molar-refractivity contribution in [3.05, 3.63) is 40.9 Å². The third kappa shape index (κ3) is 3.70. The number of nitrogens with zero attached hydrogens (tertiary/aromatic N) is 3. The summed E-state index contributed by atoms with van der Waals surface area (Å²) < 4.78 is 6.37. The second-order valence-electron chi connectivity index (χ2n) is 6.13. The maximum atomic E-state index is 12.6. The van der Waals surface area contributed by atoms with Gasteiger partial charge in [0.1, 0.15) is 6.54 Å². The highest BCUT2D eigenvalue weighted by Crippen LogP contribution is 2.18. The Morgan fingerprint density at radius 3 is 2.92 bits per heavy atom. The van der Waals surface area contributed by atoms with Crippen LogP contribution in [0.5, 0.6) is 0 Å². The summed E-state index contributed by atoms with van der Waals surface area (Å²) in [5, 5.41) is 0.487. The van der Waals surface area contributed by atoms with E-state index in [-0.39, 0.29) is 29.9 Å². The van der Waals surface area contributed by atoms with Gasteiger partial charge in [0.15, 0.2) is 0 Å². The van der Waals surface area contributed by atoms with E-state index in [1.165, 1.54) is 10.9 Å². The van der Waals surface area contributed by atoms with Crippen LogP contribution in [0.15, 0.2) is 35.4 Å². The zero-order valence-corrected chi connectivity index (χ0v) is 14.2. The fourth-order valence-corrected chi connectivity index (χ4v) is 3.12. The average molecular weight is 343 g/mol. The normalized spacial score (nSPS) is 17.5. The smallest absolute Gasteiger partial charge is 0.310 e. The number of piperidine rings is 1. The van der Waals surface area contributed by atoms with Crippen molar-refractivity contribution >= 4 is 22.8 Å². The van der Waals surface area contributed by atoms with Crippen molar-refractivity contribution in [2.45, 2.75) is 26.3 Å². The molecule has 1 unspecified atom stereocenters. The average Bonchev–Trinajstić information content (AvgIpc) is 2.64. The van der Waals surface area contributed by atoms with Gasteiger partial charge in [-0.2, -0.15) is 0 Å². The zero-order valence-electron chi connectivity index (χ0n) is 14.2. The van der Waals surface area contributed by atoms with Gasteiger partial charge in [-0.3, -0.25) is 19.0 Å². The summed E-state index contributed by atoms with van der Waals surface area (Å²) in [6.07, 6.45) is 2.87. The number of esters is 1. The number of amides is 1. The number of rotatable bonds is 4. The molecule has 0 spiro atoms. The van der Waals surface area contributed by atoms with Gasteiger partial charge in [-0.05, 0) is 31.9 Å². The lowest BCUT2D eigenvalue weighted by molar-refractivity contribution is -0.151. The minimum Gasteiger partial charge on any atom is -0.466 e. The summed E-state index contributed by atoms with van der Waals surface area (Å²) in [6.45, 7) is 2.95. The molecule has 1 aromatic carbocycles. The van der Waals surface area contributed by atoms with Gasteiger partial charge in [0.25, 0.3) is 5.56 Å². The van der Waals surface area contributed by atoms with E-state index in [1.807, 2.05) is 6.07 Å².